The van der Waals surface area contributed by atoms with Crippen molar-refractivity contribution in [1.82, 2.24) is 10.2 Å². The summed E-state index contributed by atoms with van der Waals surface area (Å²) in [5.74, 6) is 1.35. The first kappa shape index (κ1) is 17.1. The summed E-state index contributed by atoms with van der Waals surface area (Å²) >= 11 is 6.04. The number of carbonyl (C=O) groups is 1. The topological polar surface area (TPSA) is 41.6 Å². The normalized spacial score (nSPS) is 16.5. The molecule has 2 rings (SSSR count). The maximum atomic E-state index is 12.1. The van der Waals surface area contributed by atoms with Crippen LogP contribution in [0.3, 0.4) is 0 Å². The average Bonchev–Trinajstić information content (AvgIpc) is 2.53. The van der Waals surface area contributed by atoms with E-state index in [0.29, 0.717) is 22.9 Å². The Morgan fingerprint density at radius 3 is 2.77 bits per heavy atom. The second-order valence-corrected chi connectivity index (χ2v) is 6.39. The van der Waals surface area contributed by atoms with Gasteiger partial charge in [0.1, 0.15) is 5.75 Å². The van der Waals surface area contributed by atoms with Crippen molar-refractivity contribution < 1.29 is 9.53 Å². The van der Waals surface area contributed by atoms with Crippen molar-refractivity contribution in [2.45, 2.75) is 26.2 Å². The van der Waals surface area contributed by atoms with Crippen LogP contribution in [0, 0.1) is 5.92 Å². The molecule has 0 saturated carbocycles. The smallest absolute Gasteiger partial charge is 0.251 e. The highest BCUT2D eigenvalue weighted by molar-refractivity contribution is 6.32. The second kappa shape index (κ2) is 8.39. The van der Waals surface area contributed by atoms with Crippen LogP contribution in [0.2, 0.25) is 5.02 Å². The number of piperidine rings is 1. The summed E-state index contributed by atoms with van der Waals surface area (Å²) < 4.78 is 5.08. The minimum absolute atomic E-state index is 0.0863. The van der Waals surface area contributed by atoms with Crippen LogP contribution in [-0.4, -0.2) is 44.1 Å². The SMILES string of the molecule is COc1ccc(C(=O)NCCCN2CCC(C)CC2)cc1Cl. The van der Waals surface area contributed by atoms with E-state index >= 15 is 0 Å². The molecule has 1 aromatic rings. The Labute approximate surface area is 137 Å². The molecular formula is C17H25ClN2O2. The molecule has 1 aliphatic rings. The van der Waals surface area contributed by atoms with Gasteiger partial charge in [-0.1, -0.05) is 18.5 Å². The van der Waals surface area contributed by atoms with Crippen LogP contribution in [0.25, 0.3) is 0 Å². The Hall–Kier alpha value is -1.26. The predicted molar refractivity (Wildman–Crippen MR) is 89.8 cm³/mol. The zero-order chi connectivity index (χ0) is 15.9. The number of carbonyl (C=O) groups excluding carboxylic acids is 1. The Bertz CT molecular complexity index is 499. The summed E-state index contributed by atoms with van der Waals surface area (Å²) in [5.41, 5.74) is 0.567. The zero-order valence-corrected chi connectivity index (χ0v) is 14.2. The summed E-state index contributed by atoms with van der Waals surface area (Å²) in [7, 11) is 1.56. The van der Waals surface area contributed by atoms with Gasteiger partial charge in [0.15, 0.2) is 0 Å². The van der Waals surface area contributed by atoms with Gasteiger partial charge in [-0.05, 0) is 63.0 Å². The molecule has 1 aromatic carbocycles. The van der Waals surface area contributed by atoms with Crippen LogP contribution in [0.1, 0.15) is 36.5 Å². The lowest BCUT2D eigenvalue weighted by Gasteiger charge is -2.30. The molecule has 1 aliphatic heterocycles. The number of rotatable bonds is 6. The molecule has 0 unspecified atom stereocenters. The third kappa shape index (κ3) is 4.89. The monoisotopic (exact) mass is 324 g/mol. The van der Waals surface area contributed by atoms with Gasteiger partial charge in [-0.2, -0.15) is 0 Å². The van der Waals surface area contributed by atoms with Gasteiger partial charge < -0.3 is 15.0 Å². The summed E-state index contributed by atoms with van der Waals surface area (Å²) in [6.07, 6.45) is 3.55. The number of likely N-dealkylation sites (tertiary alicyclic amines) is 1. The fraction of sp³-hybridized carbons (Fsp3) is 0.588. The third-order valence-corrected chi connectivity index (χ3v) is 4.52. The molecule has 1 heterocycles. The van der Waals surface area contributed by atoms with Crippen LogP contribution in [-0.2, 0) is 0 Å². The van der Waals surface area contributed by atoms with Crippen LogP contribution in [0.15, 0.2) is 18.2 Å². The molecule has 0 atom stereocenters. The molecule has 1 saturated heterocycles. The van der Waals surface area contributed by atoms with Crippen molar-refractivity contribution >= 4 is 17.5 Å². The number of hydrogen-bond donors (Lipinski definition) is 1. The van der Waals surface area contributed by atoms with E-state index in [0.717, 1.165) is 18.9 Å². The number of halogens is 1. The first-order chi connectivity index (χ1) is 10.6. The van der Waals surface area contributed by atoms with Crippen LogP contribution in [0.4, 0.5) is 0 Å². The third-order valence-electron chi connectivity index (χ3n) is 4.23. The molecule has 0 bridgehead atoms. The van der Waals surface area contributed by atoms with E-state index < -0.39 is 0 Å². The van der Waals surface area contributed by atoms with E-state index in [-0.39, 0.29) is 5.91 Å². The molecule has 1 N–H and O–H groups in total. The molecule has 22 heavy (non-hydrogen) atoms. The van der Waals surface area contributed by atoms with Crippen molar-refractivity contribution in [2.24, 2.45) is 5.92 Å². The minimum atomic E-state index is -0.0863. The molecule has 0 aromatic heterocycles. The summed E-state index contributed by atoms with van der Waals surface area (Å²) in [6.45, 7) is 6.43. The van der Waals surface area contributed by atoms with Gasteiger partial charge in [-0.25, -0.2) is 0 Å². The van der Waals surface area contributed by atoms with Crippen LogP contribution < -0.4 is 10.1 Å². The first-order valence-corrected chi connectivity index (χ1v) is 8.32. The number of benzene rings is 1. The summed E-state index contributed by atoms with van der Waals surface area (Å²) in [5, 5.41) is 3.40. The maximum absolute atomic E-state index is 12.1. The van der Waals surface area contributed by atoms with Crippen LogP contribution >= 0.6 is 11.6 Å². The first-order valence-electron chi connectivity index (χ1n) is 7.94. The zero-order valence-electron chi connectivity index (χ0n) is 13.4. The molecule has 0 radical (unpaired) electrons. The lowest BCUT2D eigenvalue weighted by molar-refractivity contribution is 0.0950. The number of methoxy groups -OCH3 is 1. The van der Waals surface area contributed by atoms with Crippen molar-refractivity contribution in [3.05, 3.63) is 28.8 Å². The van der Waals surface area contributed by atoms with Gasteiger partial charge in [0.2, 0.25) is 0 Å². The standard InChI is InChI=1S/C17H25ClN2O2/c1-13-6-10-20(11-7-13)9-3-8-19-17(21)14-4-5-16(22-2)15(18)12-14/h4-5,12-13H,3,6-11H2,1-2H3,(H,19,21). The highest BCUT2D eigenvalue weighted by atomic mass is 35.5. The lowest BCUT2D eigenvalue weighted by Crippen LogP contribution is -2.35. The van der Waals surface area contributed by atoms with Crippen molar-refractivity contribution in [1.29, 1.82) is 0 Å². The summed E-state index contributed by atoms with van der Waals surface area (Å²) in [4.78, 5) is 14.5. The Morgan fingerprint density at radius 2 is 2.14 bits per heavy atom. The molecule has 4 nitrogen and oxygen atoms in total. The number of nitrogens with one attached hydrogen (secondary N) is 1. The molecule has 1 fully saturated rings. The van der Waals surface area contributed by atoms with Crippen molar-refractivity contribution in [3.63, 3.8) is 0 Å². The molecule has 0 aliphatic carbocycles. The number of nitrogens with zero attached hydrogens (tertiary/aromatic N) is 1. The molecule has 122 valence electrons. The Kier molecular flexibility index (Phi) is 6.52. The van der Waals surface area contributed by atoms with Gasteiger partial charge in [-0.3, -0.25) is 4.79 Å². The highest BCUT2D eigenvalue weighted by Crippen LogP contribution is 2.24. The largest absolute Gasteiger partial charge is 0.495 e. The number of amides is 1. The Morgan fingerprint density at radius 1 is 1.41 bits per heavy atom. The molecule has 1 amide bonds. The van der Waals surface area contributed by atoms with Gasteiger partial charge in [0.25, 0.3) is 5.91 Å². The van der Waals surface area contributed by atoms with Crippen molar-refractivity contribution in [3.8, 4) is 5.75 Å². The van der Waals surface area contributed by atoms with Crippen LogP contribution in [0.5, 0.6) is 5.75 Å². The predicted octanol–water partition coefficient (Wildman–Crippen LogP) is 3.20. The van der Waals surface area contributed by atoms with Gasteiger partial charge in [0, 0.05) is 12.1 Å². The van der Waals surface area contributed by atoms with Gasteiger partial charge in [-0.15, -0.1) is 0 Å². The lowest BCUT2D eigenvalue weighted by atomic mass is 9.99. The van der Waals surface area contributed by atoms with E-state index in [1.807, 2.05) is 0 Å². The fourth-order valence-electron chi connectivity index (χ4n) is 2.70. The van der Waals surface area contributed by atoms with Crippen molar-refractivity contribution in [2.75, 3.05) is 33.3 Å². The molecule has 0 spiro atoms. The fourth-order valence-corrected chi connectivity index (χ4v) is 2.96. The van der Waals surface area contributed by atoms with E-state index in [1.165, 1.54) is 25.9 Å². The average molecular weight is 325 g/mol. The molecular weight excluding hydrogens is 300 g/mol. The summed E-state index contributed by atoms with van der Waals surface area (Å²) in [6, 6.07) is 5.08. The van der Waals surface area contributed by atoms with E-state index in [2.05, 4.69) is 17.1 Å². The van der Waals surface area contributed by atoms with E-state index in [4.69, 9.17) is 16.3 Å². The molecule has 5 heteroatoms. The number of ether oxygens (including phenoxy) is 1. The van der Waals surface area contributed by atoms with Gasteiger partial charge >= 0.3 is 0 Å². The number of hydrogen-bond acceptors (Lipinski definition) is 3. The second-order valence-electron chi connectivity index (χ2n) is 5.98. The van der Waals surface area contributed by atoms with E-state index in [1.54, 1.807) is 25.3 Å². The quantitative estimate of drug-likeness (QED) is 0.817. The minimum Gasteiger partial charge on any atom is -0.495 e. The Balaban J connectivity index is 1.70. The van der Waals surface area contributed by atoms with E-state index in [9.17, 15) is 4.79 Å². The highest BCUT2D eigenvalue weighted by Gasteiger charge is 2.15. The van der Waals surface area contributed by atoms with Gasteiger partial charge in [0.05, 0.1) is 12.1 Å². The maximum Gasteiger partial charge on any atom is 0.251 e.